The molecule has 0 bridgehead atoms. The predicted molar refractivity (Wildman–Crippen MR) is 79.2 cm³/mol. The average molecular weight is 261 g/mol. The normalized spacial score (nSPS) is 16.2. The first-order chi connectivity index (χ1) is 9.27. The summed E-state index contributed by atoms with van der Waals surface area (Å²) in [6, 6.07) is 0.529. The number of nitrogen functional groups attached to an aromatic ring is 1. The first kappa shape index (κ1) is 13.8. The lowest BCUT2D eigenvalue weighted by molar-refractivity contribution is 0.374. The van der Waals surface area contributed by atoms with Crippen molar-refractivity contribution < 1.29 is 0 Å². The van der Waals surface area contributed by atoms with Crippen LogP contribution in [0.4, 0.5) is 5.82 Å². The second-order valence-corrected chi connectivity index (χ2v) is 4.66. The largest absolute Gasteiger partial charge is 0.383 e. The smallest absolute Gasteiger partial charge is 0.145 e. The van der Waals surface area contributed by atoms with Crippen LogP contribution in [0.2, 0.25) is 0 Å². The van der Waals surface area contributed by atoms with Crippen molar-refractivity contribution in [2.24, 2.45) is 0 Å². The molecule has 0 spiro atoms. The number of nitrogens with two attached hydrogens (primary N) is 1. The van der Waals surface area contributed by atoms with Crippen LogP contribution >= 0.6 is 0 Å². The molecular formula is C14H23N5. The van der Waals surface area contributed by atoms with Crippen molar-refractivity contribution in [3.63, 3.8) is 0 Å². The minimum atomic E-state index is 0.529. The monoisotopic (exact) mass is 261 g/mol. The number of fused-ring (bicyclic) bond motifs is 1. The van der Waals surface area contributed by atoms with E-state index in [1.165, 1.54) is 0 Å². The number of rotatable bonds is 1. The molecule has 3 rings (SSSR count). The zero-order valence-corrected chi connectivity index (χ0v) is 12.0. The molecule has 2 aromatic rings. The van der Waals surface area contributed by atoms with Gasteiger partial charge in [-0.05, 0) is 38.4 Å². The molecule has 2 aromatic heterocycles. The SMILES string of the molecule is CC.Cc1cn(C2CCNCC2)c2ncnc(N)c12. The third-order valence-corrected chi connectivity index (χ3v) is 3.53. The van der Waals surface area contributed by atoms with Crippen molar-refractivity contribution in [2.45, 2.75) is 39.7 Å². The minimum Gasteiger partial charge on any atom is -0.383 e. The number of nitrogens with one attached hydrogen (secondary N) is 1. The first-order valence-electron chi connectivity index (χ1n) is 7.05. The average Bonchev–Trinajstić information content (AvgIpc) is 2.81. The number of aromatic nitrogens is 3. The van der Waals surface area contributed by atoms with Crippen LogP contribution < -0.4 is 11.1 Å². The highest BCUT2D eigenvalue weighted by atomic mass is 15.1. The maximum atomic E-state index is 5.92. The van der Waals surface area contributed by atoms with Gasteiger partial charge in [0, 0.05) is 12.2 Å². The summed E-state index contributed by atoms with van der Waals surface area (Å²) in [5, 5.41) is 4.39. The van der Waals surface area contributed by atoms with Gasteiger partial charge in [0.05, 0.1) is 5.39 Å². The van der Waals surface area contributed by atoms with Gasteiger partial charge in [0.15, 0.2) is 0 Å². The van der Waals surface area contributed by atoms with Gasteiger partial charge in [-0.15, -0.1) is 0 Å². The number of hydrogen-bond acceptors (Lipinski definition) is 4. The van der Waals surface area contributed by atoms with E-state index in [9.17, 15) is 0 Å². The topological polar surface area (TPSA) is 68.8 Å². The van der Waals surface area contributed by atoms with Crippen LogP contribution in [0.25, 0.3) is 11.0 Å². The summed E-state index contributed by atoms with van der Waals surface area (Å²) in [6.45, 7) is 8.22. The third kappa shape index (κ3) is 2.56. The van der Waals surface area contributed by atoms with Gasteiger partial charge in [-0.1, -0.05) is 13.8 Å². The van der Waals surface area contributed by atoms with Gasteiger partial charge in [-0.25, -0.2) is 9.97 Å². The standard InChI is InChI=1S/C12H17N5.C2H6/c1-8-6-17(9-2-4-14-5-3-9)12-10(8)11(13)15-7-16-12;1-2/h6-7,9,14H,2-5H2,1H3,(H2,13,15,16);1-2H3. The molecule has 0 saturated carbocycles. The summed E-state index contributed by atoms with van der Waals surface area (Å²) < 4.78 is 2.27. The lowest BCUT2D eigenvalue weighted by atomic mass is 10.1. The first-order valence-corrected chi connectivity index (χ1v) is 7.05. The minimum absolute atomic E-state index is 0.529. The summed E-state index contributed by atoms with van der Waals surface area (Å²) in [5.74, 6) is 0.584. The fourth-order valence-electron chi connectivity index (χ4n) is 2.66. The Morgan fingerprint density at radius 1 is 1.26 bits per heavy atom. The van der Waals surface area contributed by atoms with Crippen LogP contribution in [-0.2, 0) is 0 Å². The molecule has 0 radical (unpaired) electrons. The Morgan fingerprint density at radius 2 is 1.95 bits per heavy atom. The molecule has 5 nitrogen and oxygen atoms in total. The van der Waals surface area contributed by atoms with Crippen LogP contribution in [0.5, 0.6) is 0 Å². The van der Waals surface area contributed by atoms with Gasteiger partial charge in [0.2, 0.25) is 0 Å². The molecule has 19 heavy (non-hydrogen) atoms. The highest BCUT2D eigenvalue weighted by Gasteiger charge is 2.19. The molecule has 5 heteroatoms. The van der Waals surface area contributed by atoms with E-state index in [-0.39, 0.29) is 0 Å². The van der Waals surface area contributed by atoms with Gasteiger partial charge < -0.3 is 15.6 Å². The molecule has 104 valence electrons. The lowest BCUT2D eigenvalue weighted by Gasteiger charge is -2.24. The maximum absolute atomic E-state index is 5.92. The summed E-state index contributed by atoms with van der Waals surface area (Å²) in [5.41, 5.74) is 8.06. The summed E-state index contributed by atoms with van der Waals surface area (Å²) >= 11 is 0. The van der Waals surface area contributed by atoms with Crippen molar-refractivity contribution in [1.82, 2.24) is 19.9 Å². The summed E-state index contributed by atoms with van der Waals surface area (Å²) in [7, 11) is 0. The highest BCUT2D eigenvalue weighted by molar-refractivity contribution is 5.89. The Bertz CT molecular complexity index is 540. The molecule has 1 fully saturated rings. The van der Waals surface area contributed by atoms with Crippen LogP contribution in [-0.4, -0.2) is 27.6 Å². The number of hydrogen-bond donors (Lipinski definition) is 2. The van der Waals surface area contributed by atoms with Crippen molar-refractivity contribution in [2.75, 3.05) is 18.8 Å². The summed E-state index contributed by atoms with van der Waals surface area (Å²) in [4.78, 5) is 8.46. The third-order valence-electron chi connectivity index (χ3n) is 3.53. The Kier molecular flexibility index (Phi) is 4.37. The molecule has 3 N–H and O–H groups in total. The molecule has 1 saturated heterocycles. The molecule has 1 aliphatic heterocycles. The quantitative estimate of drug-likeness (QED) is 0.826. The Balaban J connectivity index is 0.000000637. The highest BCUT2D eigenvalue weighted by Crippen LogP contribution is 2.29. The molecule has 0 unspecified atom stereocenters. The second-order valence-electron chi connectivity index (χ2n) is 4.66. The van der Waals surface area contributed by atoms with Gasteiger partial charge in [-0.3, -0.25) is 0 Å². The predicted octanol–water partition coefficient (Wildman–Crippen LogP) is 2.27. The summed E-state index contributed by atoms with van der Waals surface area (Å²) in [6.07, 6.45) is 6.00. The van der Waals surface area contributed by atoms with Gasteiger partial charge >= 0.3 is 0 Å². The van der Waals surface area contributed by atoms with Crippen molar-refractivity contribution in [1.29, 1.82) is 0 Å². The van der Waals surface area contributed by atoms with Crippen LogP contribution in [0.3, 0.4) is 0 Å². The van der Waals surface area contributed by atoms with Crippen molar-refractivity contribution >= 4 is 16.9 Å². The zero-order chi connectivity index (χ0) is 13.8. The van der Waals surface area contributed by atoms with Crippen LogP contribution in [0.1, 0.15) is 38.3 Å². The van der Waals surface area contributed by atoms with Gasteiger partial charge in [-0.2, -0.15) is 0 Å². The molecule has 0 amide bonds. The van der Waals surface area contributed by atoms with E-state index in [1.807, 2.05) is 13.8 Å². The van der Waals surface area contributed by atoms with Gasteiger partial charge in [0.25, 0.3) is 0 Å². The fourth-order valence-corrected chi connectivity index (χ4v) is 2.66. The van der Waals surface area contributed by atoms with E-state index in [4.69, 9.17) is 5.73 Å². The Labute approximate surface area is 114 Å². The Morgan fingerprint density at radius 3 is 2.63 bits per heavy atom. The van der Waals surface area contributed by atoms with E-state index in [2.05, 4.69) is 33.0 Å². The molecule has 1 aliphatic rings. The maximum Gasteiger partial charge on any atom is 0.145 e. The molecule has 0 aromatic carbocycles. The van der Waals surface area contributed by atoms with Crippen molar-refractivity contribution in [3.8, 4) is 0 Å². The van der Waals surface area contributed by atoms with E-state index < -0.39 is 0 Å². The van der Waals surface area contributed by atoms with Crippen LogP contribution in [0.15, 0.2) is 12.5 Å². The van der Waals surface area contributed by atoms with Crippen molar-refractivity contribution in [3.05, 3.63) is 18.1 Å². The fraction of sp³-hybridized carbons (Fsp3) is 0.571. The second kappa shape index (κ2) is 6.02. The molecule has 0 atom stereocenters. The van der Waals surface area contributed by atoms with E-state index in [0.29, 0.717) is 11.9 Å². The number of nitrogens with zero attached hydrogens (tertiary/aromatic N) is 3. The van der Waals surface area contributed by atoms with E-state index in [0.717, 1.165) is 42.5 Å². The Hall–Kier alpha value is -1.62. The number of anilines is 1. The molecule has 0 aliphatic carbocycles. The zero-order valence-electron chi connectivity index (χ0n) is 12.0. The molecule has 3 heterocycles. The lowest BCUT2D eigenvalue weighted by Crippen LogP contribution is -2.29. The van der Waals surface area contributed by atoms with Crippen LogP contribution in [0, 0.1) is 6.92 Å². The van der Waals surface area contributed by atoms with E-state index in [1.54, 1.807) is 6.33 Å². The number of aryl methyl sites for hydroxylation is 1. The number of piperidine rings is 1. The van der Waals surface area contributed by atoms with Gasteiger partial charge in [0.1, 0.15) is 17.8 Å². The molecular weight excluding hydrogens is 238 g/mol. The van der Waals surface area contributed by atoms with E-state index >= 15 is 0 Å².